The fraction of sp³-hybridized carbons (Fsp3) is 0.333. The summed E-state index contributed by atoms with van der Waals surface area (Å²) in [5.41, 5.74) is -0.752. The average Bonchev–Trinajstić information content (AvgIpc) is 2.33. The van der Waals surface area contributed by atoms with Gasteiger partial charge in [0.2, 0.25) is 5.91 Å². The molecule has 0 spiro atoms. The summed E-state index contributed by atoms with van der Waals surface area (Å²) in [7, 11) is 0. The lowest BCUT2D eigenvalue weighted by atomic mass is 9.97. The smallest absolute Gasteiger partial charge is 0.256 e. The van der Waals surface area contributed by atoms with E-state index < -0.39 is 23.3 Å². The van der Waals surface area contributed by atoms with Gasteiger partial charge in [-0.15, -0.1) is 0 Å². The number of carbonyl (C=O) groups excluding carboxylic acids is 3. The van der Waals surface area contributed by atoms with Crippen LogP contribution in [0.25, 0.3) is 0 Å². The van der Waals surface area contributed by atoms with Gasteiger partial charge in [0, 0.05) is 16.9 Å². The Hall–Kier alpha value is -1.76. The number of nitrogens with one attached hydrogen (secondary N) is 1. The van der Waals surface area contributed by atoms with E-state index in [0.717, 1.165) is 0 Å². The molecule has 2 heterocycles. The molecule has 0 unspecified atom stereocenters. The minimum atomic E-state index is -1.08. The van der Waals surface area contributed by atoms with Crippen molar-refractivity contribution in [2.24, 2.45) is 0 Å². The normalized spacial score (nSPS) is 18.2. The first-order valence-electron chi connectivity index (χ1n) is 5.59. The molecular weight excluding hydrogens is 314 g/mol. The first-order chi connectivity index (χ1) is 8.82. The number of halogens is 1. The van der Waals surface area contributed by atoms with E-state index in [1.807, 2.05) is 0 Å². The maximum Gasteiger partial charge on any atom is 0.256 e. The Morgan fingerprint density at radius 1 is 1.42 bits per heavy atom. The molecule has 0 bridgehead atoms. The van der Waals surface area contributed by atoms with Gasteiger partial charge in [-0.2, -0.15) is 0 Å². The molecule has 100 valence electrons. The second kappa shape index (κ2) is 4.73. The number of pyridine rings is 1. The van der Waals surface area contributed by atoms with Crippen molar-refractivity contribution in [3.8, 4) is 0 Å². The van der Waals surface area contributed by atoms with E-state index in [1.54, 1.807) is 26.1 Å². The second-order valence-corrected chi connectivity index (χ2v) is 5.64. The van der Waals surface area contributed by atoms with Crippen molar-refractivity contribution in [1.29, 1.82) is 0 Å². The zero-order chi connectivity index (χ0) is 14.2. The predicted molar refractivity (Wildman–Crippen MR) is 70.2 cm³/mol. The van der Waals surface area contributed by atoms with E-state index in [4.69, 9.17) is 0 Å². The SMILES string of the molecule is CC1(C)C(=O)NC(=O)CN1C(=O)c1cncc(Br)c1. The zero-order valence-corrected chi connectivity index (χ0v) is 12.0. The summed E-state index contributed by atoms with van der Waals surface area (Å²) < 4.78 is 0.656. The Labute approximate surface area is 118 Å². The van der Waals surface area contributed by atoms with Gasteiger partial charge in [-0.25, -0.2) is 0 Å². The second-order valence-electron chi connectivity index (χ2n) is 4.72. The fourth-order valence-electron chi connectivity index (χ4n) is 1.79. The lowest BCUT2D eigenvalue weighted by Crippen LogP contribution is -2.65. The van der Waals surface area contributed by atoms with Crippen LogP contribution in [0.15, 0.2) is 22.9 Å². The molecule has 7 heteroatoms. The molecule has 19 heavy (non-hydrogen) atoms. The topological polar surface area (TPSA) is 79.4 Å². The molecule has 1 aromatic heterocycles. The van der Waals surface area contributed by atoms with Gasteiger partial charge in [-0.05, 0) is 35.8 Å². The van der Waals surface area contributed by atoms with Crippen LogP contribution in [-0.4, -0.2) is 39.7 Å². The van der Waals surface area contributed by atoms with E-state index in [2.05, 4.69) is 26.2 Å². The highest BCUT2D eigenvalue weighted by Gasteiger charge is 2.43. The monoisotopic (exact) mass is 325 g/mol. The van der Waals surface area contributed by atoms with Gasteiger partial charge in [0.15, 0.2) is 0 Å². The molecule has 6 nitrogen and oxygen atoms in total. The maximum atomic E-state index is 12.4. The van der Waals surface area contributed by atoms with E-state index >= 15 is 0 Å². The highest BCUT2D eigenvalue weighted by atomic mass is 79.9. The minimum absolute atomic E-state index is 0.149. The first-order valence-corrected chi connectivity index (χ1v) is 6.38. The highest BCUT2D eigenvalue weighted by Crippen LogP contribution is 2.21. The Morgan fingerprint density at radius 3 is 2.74 bits per heavy atom. The standard InChI is InChI=1S/C12H12BrN3O3/c1-12(2)11(19)15-9(17)6-16(12)10(18)7-3-8(13)5-14-4-7/h3-5H,6H2,1-2H3,(H,15,17,19). The highest BCUT2D eigenvalue weighted by molar-refractivity contribution is 9.10. The number of nitrogens with zero attached hydrogens (tertiary/aromatic N) is 2. The van der Waals surface area contributed by atoms with Crippen LogP contribution in [0.5, 0.6) is 0 Å². The molecule has 0 radical (unpaired) electrons. The van der Waals surface area contributed by atoms with Crippen LogP contribution in [0.3, 0.4) is 0 Å². The van der Waals surface area contributed by atoms with Crippen LogP contribution in [-0.2, 0) is 9.59 Å². The molecule has 0 saturated carbocycles. The van der Waals surface area contributed by atoms with Gasteiger partial charge in [0.1, 0.15) is 12.1 Å². The lowest BCUT2D eigenvalue weighted by Gasteiger charge is -2.40. The van der Waals surface area contributed by atoms with Crippen LogP contribution in [0.2, 0.25) is 0 Å². The molecule has 0 atom stereocenters. The number of imide groups is 1. The zero-order valence-electron chi connectivity index (χ0n) is 10.4. The molecule has 2 rings (SSSR count). The fourth-order valence-corrected chi connectivity index (χ4v) is 2.16. The van der Waals surface area contributed by atoms with Crippen LogP contribution in [0.4, 0.5) is 0 Å². The first kappa shape index (κ1) is 13.7. The number of rotatable bonds is 1. The molecule has 1 aliphatic heterocycles. The van der Waals surface area contributed by atoms with Crippen molar-refractivity contribution >= 4 is 33.7 Å². The van der Waals surface area contributed by atoms with Crippen LogP contribution < -0.4 is 5.32 Å². The summed E-state index contributed by atoms with van der Waals surface area (Å²) >= 11 is 3.23. The van der Waals surface area contributed by atoms with Crippen molar-refractivity contribution in [3.05, 3.63) is 28.5 Å². The Bertz CT molecular complexity index is 571. The van der Waals surface area contributed by atoms with Gasteiger partial charge in [0.05, 0.1) is 5.56 Å². The van der Waals surface area contributed by atoms with Gasteiger partial charge in [0.25, 0.3) is 11.8 Å². The Balaban J connectivity index is 2.36. The molecule has 0 aliphatic carbocycles. The minimum Gasteiger partial charge on any atom is -0.315 e. The van der Waals surface area contributed by atoms with Gasteiger partial charge in [-0.1, -0.05) is 0 Å². The predicted octanol–water partition coefficient (Wildman–Crippen LogP) is 0.721. The number of hydrogen-bond acceptors (Lipinski definition) is 4. The summed E-state index contributed by atoms with van der Waals surface area (Å²) in [6, 6.07) is 1.60. The summed E-state index contributed by atoms with van der Waals surface area (Å²) in [5.74, 6) is -1.37. The average molecular weight is 326 g/mol. The quantitative estimate of drug-likeness (QED) is 0.772. The van der Waals surface area contributed by atoms with Crippen molar-refractivity contribution < 1.29 is 14.4 Å². The van der Waals surface area contributed by atoms with Crippen LogP contribution in [0.1, 0.15) is 24.2 Å². The number of carbonyl (C=O) groups is 3. The third kappa shape index (κ3) is 2.51. The third-order valence-corrected chi connectivity index (χ3v) is 3.42. The van der Waals surface area contributed by atoms with Gasteiger partial charge < -0.3 is 4.90 Å². The van der Waals surface area contributed by atoms with Gasteiger partial charge >= 0.3 is 0 Å². The lowest BCUT2D eigenvalue weighted by molar-refractivity contribution is -0.143. The van der Waals surface area contributed by atoms with Crippen molar-refractivity contribution in [1.82, 2.24) is 15.2 Å². The summed E-state index contributed by atoms with van der Waals surface area (Å²) in [5, 5.41) is 2.22. The van der Waals surface area contributed by atoms with E-state index in [1.165, 1.54) is 11.1 Å². The molecule has 3 amide bonds. The number of amides is 3. The van der Waals surface area contributed by atoms with Crippen molar-refractivity contribution in [2.45, 2.75) is 19.4 Å². The van der Waals surface area contributed by atoms with E-state index in [9.17, 15) is 14.4 Å². The number of aromatic nitrogens is 1. The molecule has 0 aromatic carbocycles. The third-order valence-electron chi connectivity index (χ3n) is 2.98. The molecule has 1 saturated heterocycles. The Kier molecular flexibility index (Phi) is 3.40. The number of hydrogen-bond donors (Lipinski definition) is 1. The summed E-state index contributed by atoms with van der Waals surface area (Å²) in [6.07, 6.45) is 2.95. The van der Waals surface area contributed by atoms with Crippen molar-refractivity contribution in [2.75, 3.05) is 6.54 Å². The van der Waals surface area contributed by atoms with E-state index in [-0.39, 0.29) is 6.54 Å². The molecule has 1 fully saturated rings. The van der Waals surface area contributed by atoms with Gasteiger partial charge in [-0.3, -0.25) is 24.7 Å². The number of piperazine rings is 1. The van der Waals surface area contributed by atoms with E-state index in [0.29, 0.717) is 10.0 Å². The summed E-state index contributed by atoms with van der Waals surface area (Å²) in [6.45, 7) is 3.04. The molecule has 1 aromatic rings. The molecule has 1 N–H and O–H groups in total. The van der Waals surface area contributed by atoms with Crippen molar-refractivity contribution in [3.63, 3.8) is 0 Å². The molecular formula is C12H12BrN3O3. The largest absolute Gasteiger partial charge is 0.315 e. The Morgan fingerprint density at radius 2 is 2.11 bits per heavy atom. The molecule has 1 aliphatic rings. The van der Waals surface area contributed by atoms with Crippen LogP contribution >= 0.6 is 15.9 Å². The van der Waals surface area contributed by atoms with Crippen LogP contribution in [0, 0.1) is 0 Å². The maximum absolute atomic E-state index is 12.4. The summed E-state index contributed by atoms with van der Waals surface area (Å²) in [4.78, 5) is 40.8.